The van der Waals surface area contributed by atoms with Crippen LogP contribution < -0.4 is 10.2 Å². The van der Waals surface area contributed by atoms with E-state index in [0.717, 1.165) is 33.5 Å². The number of urea groups is 1. The Bertz CT molecular complexity index is 872. The molecule has 5 nitrogen and oxygen atoms in total. The molecule has 3 heterocycles. The van der Waals surface area contributed by atoms with Crippen LogP contribution in [0.5, 0.6) is 0 Å². The Kier molecular flexibility index (Phi) is 4.78. The van der Waals surface area contributed by atoms with E-state index in [1.165, 1.54) is 4.88 Å². The number of fused-ring (bicyclic) bond motifs is 1. The number of carbonyl (C=O) groups is 1. The van der Waals surface area contributed by atoms with Crippen LogP contribution >= 0.6 is 34.3 Å². The molecule has 0 atom stereocenters. The van der Waals surface area contributed by atoms with Gasteiger partial charge in [-0.2, -0.15) is 0 Å². The highest BCUT2D eigenvalue weighted by Gasteiger charge is 2.23. The van der Waals surface area contributed by atoms with Crippen LogP contribution in [-0.2, 0) is 6.54 Å². The average molecular weight is 393 g/mol. The van der Waals surface area contributed by atoms with Crippen LogP contribution in [0, 0.1) is 0 Å². The van der Waals surface area contributed by atoms with Crippen LogP contribution in [0.4, 0.5) is 9.93 Å². The molecule has 0 spiro atoms. The number of halogens is 1. The van der Waals surface area contributed by atoms with Crippen molar-refractivity contribution in [2.24, 2.45) is 0 Å². The van der Waals surface area contributed by atoms with E-state index in [-0.39, 0.29) is 6.03 Å². The van der Waals surface area contributed by atoms with Gasteiger partial charge >= 0.3 is 6.03 Å². The van der Waals surface area contributed by atoms with Crippen molar-refractivity contribution >= 4 is 55.7 Å². The van der Waals surface area contributed by atoms with E-state index in [1.807, 2.05) is 40.6 Å². The molecule has 2 amide bonds. The van der Waals surface area contributed by atoms with E-state index in [1.54, 1.807) is 22.7 Å². The minimum absolute atomic E-state index is 0.00383. The molecule has 1 fully saturated rings. The lowest BCUT2D eigenvalue weighted by molar-refractivity contribution is 0.194. The molecule has 1 aliphatic rings. The lowest BCUT2D eigenvalue weighted by Crippen LogP contribution is -2.51. The fourth-order valence-corrected chi connectivity index (χ4v) is 4.75. The van der Waals surface area contributed by atoms with Crippen LogP contribution in [0.15, 0.2) is 35.7 Å². The third-order valence-corrected chi connectivity index (χ3v) is 6.36. The van der Waals surface area contributed by atoms with Crippen LogP contribution in [0.25, 0.3) is 10.2 Å². The summed E-state index contributed by atoms with van der Waals surface area (Å²) < 4.78 is 1.10. The van der Waals surface area contributed by atoms with Crippen LogP contribution in [0.2, 0.25) is 5.02 Å². The number of hydrogen-bond donors (Lipinski definition) is 1. The Morgan fingerprint density at radius 2 is 2.08 bits per heavy atom. The van der Waals surface area contributed by atoms with Gasteiger partial charge < -0.3 is 15.1 Å². The Hall–Kier alpha value is -1.83. The Balaban J connectivity index is 1.34. The van der Waals surface area contributed by atoms with Crippen LogP contribution in [0.3, 0.4) is 0 Å². The molecule has 25 heavy (non-hydrogen) atoms. The second-order valence-corrected chi connectivity index (χ2v) is 8.30. The van der Waals surface area contributed by atoms with Crippen molar-refractivity contribution in [3.63, 3.8) is 0 Å². The first-order valence-corrected chi connectivity index (χ1v) is 10.1. The van der Waals surface area contributed by atoms with Gasteiger partial charge in [-0.05, 0) is 29.6 Å². The quantitative estimate of drug-likeness (QED) is 0.731. The summed E-state index contributed by atoms with van der Waals surface area (Å²) in [6, 6.07) is 9.80. The molecule has 8 heteroatoms. The van der Waals surface area contributed by atoms with Crippen molar-refractivity contribution in [1.29, 1.82) is 0 Å². The summed E-state index contributed by atoms with van der Waals surface area (Å²) in [7, 11) is 0. The Labute approximate surface area is 158 Å². The number of amides is 2. The van der Waals surface area contributed by atoms with Gasteiger partial charge in [-0.15, -0.1) is 11.3 Å². The summed E-state index contributed by atoms with van der Waals surface area (Å²) in [5.41, 5.74) is 0.973. The normalized spacial score (nSPS) is 14.9. The summed E-state index contributed by atoms with van der Waals surface area (Å²) in [5.74, 6) is 0. The molecule has 1 aromatic carbocycles. The van der Waals surface area contributed by atoms with Crippen LogP contribution in [-0.4, -0.2) is 42.1 Å². The second kappa shape index (κ2) is 7.19. The molecule has 0 aliphatic carbocycles. The fourth-order valence-electron chi connectivity index (χ4n) is 2.81. The first-order chi connectivity index (χ1) is 12.2. The number of piperazine rings is 1. The van der Waals surface area contributed by atoms with Crippen molar-refractivity contribution in [1.82, 2.24) is 15.2 Å². The molecule has 130 valence electrons. The van der Waals surface area contributed by atoms with Gasteiger partial charge in [-0.25, -0.2) is 9.78 Å². The molecule has 4 rings (SSSR count). The van der Waals surface area contributed by atoms with E-state index < -0.39 is 0 Å². The van der Waals surface area contributed by atoms with Crippen molar-refractivity contribution in [3.8, 4) is 0 Å². The molecule has 0 saturated carbocycles. The summed E-state index contributed by atoms with van der Waals surface area (Å²) in [5, 5.41) is 6.74. The second-order valence-electron chi connectivity index (χ2n) is 5.82. The van der Waals surface area contributed by atoms with E-state index >= 15 is 0 Å². The summed E-state index contributed by atoms with van der Waals surface area (Å²) in [6.45, 7) is 3.58. The smallest absolute Gasteiger partial charge is 0.317 e. The number of nitrogens with one attached hydrogen (secondary N) is 1. The van der Waals surface area contributed by atoms with Gasteiger partial charge in [0.1, 0.15) is 0 Å². The number of thiophene rings is 1. The van der Waals surface area contributed by atoms with Gasteiger partial charge in [-0.1, -0.05) is 29.0 Å². The first-order valence-electron chi connectivity index (χ1n) is 8.05. The number of benzene rings is 1. The number of aromatic nitrogens is 1. The summed E-state index contributed by atoms with van der Waals surface area (Å²) in [4.78, 5) is 22.2. The van der Waals surface area contributed by atoms with Crippen molar-refractivity contribution in [2.75, 3.05) is 31.1 Å². The maximum atomic E-state index is 12.3. The third-order valence-electron chi connectivity index (χ3n) is 4.17. The van der Waals surface area contributed by atoms with Gasteiger partial charge in [0.15, 0.2) is 5.13 Å². The van der Waals surface area contributed by atoms with Crippen LogP contribution in [0.1, 0.15) is 4.88 Å². The molecule has 0 unspecified atom stereocenters. The van der Waals surface area contributed by atoms with E-state index in [9.17, 15) is 4.79 Å². The lowest BCUT2D eigenvalue weighted by atomic mass is 10.3. The van der Waals surface area contributed by atoms with Gasteiger partial charge in [-0.3, -0.25) is 0 Å². The number of thiazole rings is 1. The Morgan fingerprint density at radius 3 is 2.84 bits per heavy atom. The summed E-state index contributed by atoms with van der Waals surface area (Å²) >= 11 is 9.35. The fraction of sp³-hybridized carbons (Fsp3) is 0.294. The lowest BCUT2D eigenvalue weighted by Gasteiger charge is -2.34. The zero-order chi connectivity index (χ0) is 17.2. The topological polar surface area (TPSA) is 48.5 Å². The molecule has 2 aromatic heterocycles. The SMILES string of the molecule is O=C(NCc1cccs1)N1CCN(c2nc3ccc(Cl)cc3s2)CC1. The van der Waals surface area contributed by atoms with Crippen molar-refractivity contribution in [2.45, 2.75) is 6.54 Å². The third kappa shape index (κ3) is 3.73. The number of hydrogen-bond acceptors (Lipinski definition) is 5. The molecular formula is C17H17ClN4OS2. The van der Waals surface area contributed by atoms with Crippen molar-refractivity contribution < 1.29 is 4.79 Å². The van der Waals surface area contributed by atoms with Crippen molar-refractivity contribution in [3.05, 3.63) is 45.6 Å². The highest BCUT2D eigenvalue weighted by Crippen LogP contribution is 2.31. The molecule has 1 aliphatic heterocycles. The highest BCUT2D eigenvalue weighted by atomic mass is 35.5. The number of nitrogens with zero attached hydrogens (tertiary/aromatic N) is 3. The monoisotopic (exact) mass is 392 g/mol. The molecule has 1 saturated heterocycles. The first kappa shape index (κ1) is 16.6. The zero-order valence-electron chi connectivity index (χ0n) is 13.4. The number of anilines is 1. The molecular weight excluding hydrogens is 376 g/mol. The molecule has 0 radical (unpaired) electrons. The predicted octanol–water partition coefficient (Wildman–Crippen LogP) is 4.04. The molecule has 3 aromatic rings. The maximum absolute atomic E-state index is 12.3. The minimum atomic E-state index is 0.00383. The number of carbonyl (C=O) groups excluding carboxylic acids is 1. The van der Waals surface area contributed by atoms with Gasteiger partial charge in [0, 0.05) is 36.1 Å². The highest BCUT2D eigenvalue weighted by molar-refractivity contribution is 7.22. The standard InChI is InChI=1S/C17H17ClN4OS2/c18-12-3-4-14-15(10-12)25-17(20-14)22-7-5-21(6-8-22)16(23)19-11-13-2-1-9-24-13/h1-4,9-10H,5-8,11H2,(H,19,23). The van der Waals surface area contributed by atoms with Gasteiger partial charge in [0.05, 0.1) is 16.8 Å². The minimum Gasteiger partial charge on any atom is -0.345 e. The number of rotatable bonds is 3. The largest absolute Gasteiger partial charge is 0.345 e. The predicted molar refractivity (Wildman–Crippen MR) is 105 cm³/mol. The average Bonchev–Trinajstić information content (AvgIpc) is 3.29. The van der Waals surface area contributed by atoms with Gasteiger partial charge in [0.2, 0.25) is 0 Å². The van der Waals surface area contributed by atoms with E-state index in [0.29, 0.717) is 19.6 Å². The van der Waals surface area contributed by atoms with E-state index in [2.05, 4.69) is 15.2 Å². The Morgan fingerprint density at radius 1 is 1.24 bits per heavy atom. The zero-order valence-corrected chi connectivity index (χ0v) is 15.8. The van der Waals surface area contributed by atoms with E-state index in [4.69, 9.17) is 11.6 Å². The molecule has 0 bridgehead atoms. The molecule has 1 N–H and O–H groups in total. The summed E-state index contributed by atoms with van der Waals surface area (Å²) in [6.07, 6.45) is 0. The van der Waals surface area contributed by atoms with Gasteiger partial charge in [0.25, 0.3) is 0 Å². The maximum Gasteiger partial charge on any atom is 0.317 e.